The highest BCUT2D eigenvalue weighted by molar-refractivity contribution is 6.09. The number of nitrogens with zero attached hydrogens (tertiary/aromatic N) is 2. The van der Waals surface area contributed by atoms with E-state index in [1.165, 1.54) is 0 Å². The van der Waals surface area contributed by atoms with Gasteiger partial charge in [-0.25, -0.2) is 9.37 Å². The molecular formula is C19H19FN4O. The lowest BCUT2D eigenvalue weighted by Crippen LogP contribution is -2.43. The minimum atomic E-state index is -0.444. The maximum atomic E-state index is 14.4. The van der Waals surface area contributed by atoms with E-state index in [1.807, 2.05) is 12.1 Å². The summed E-state index contributed by atoms with van der Waals surface area (Å²) >= 11 is 0. The number of hydrogen-bond donors (Lipinski definition) is 2. The third-order valence-electron chi connectivity index (χ3n) is 5.52. The van der Waals surface area contributed by atoms with Crippen LogP contribution in [0.5, 0.6) is 0 Å². The first-order valence-corrected chi connectivity index (χ1v) is 8.75. The first-order valence-electron chi connectivity index (χ1n) is 8.75. The molecule has 128 valence electrons. The van der Waals surface area contributed by atoms with Gasteiger partial charge in [0.1, 0.15) is 11.6 Å². The molecule has 25 heavy (non-hydrogen) atoms. The van der Waals surface area contributed by atoms with E-state index in [9.17, 15) is 9.18 Å². The van der Waals surface area contributed by atoms with Crippen LogP contribution in [0.1, 0.15) is 18.4 Å². The van der Waals surface area contributed by atoms with Gasteiger partial charge in [0.05, 0.1) is 5.41 Å². The van der Waals surface area contributed by atoms with Crippen molar-refractivity contribution in [3.8, 4) is 11.1 Å². The van der Waals surface area contributed by atoms with Crippen LogP contribution in [-0.2, 0) is 10.2 Å². The third kappa shape index (κ3) is 2.24. The van der Waals surface area contributed by atoms with Crippen molar-refractivity contribution in [2.45, 2.75) is 18.3 Å². The fraction of sp³-hybridized carbons (Fsp3) is 0.368. The first-order chi connectivity index (χ1) is 12.2. The van der Waals surface area contributed by atoms with Crippen molar-refractivity contribution in [3.05, 3.63) is 41.8 Å². The molecule has 1 aromatic heterocycles. The summed E-state index contributed by atoms with van der Waals surface area (Å²) in [5.41, 5.74) is 3.12. The SMILES string of the molecule is O=C1Nc2nccc(-c3cc(F)cc(N4CCNCC4)c3)c2C12CC2. The zero-order chi connectivity index (χ0) is 17.0. The van der Waals surface area contributed by atoms with Crippen LogP contribution in [0.15, 0.2) is 30.5 Å². The lowest BCUT2D eigenvalue weighted by Gasteiger charge is -2.30. The van der Waals surface area contributed by atoms with Crippen molar-refractivity contribution in [1.82, 2.24) is 10.3 Å². The molecule has 1 aromatic carbocycles. The highest BCUT2D eigenvalue weighted by Crippen LogP contribution is 2.57. The zero-order valence-corrected chi connectivity index (χ0v) is 13.8. The lowest BCUT2D eigenvalue weighted by atomic mass is 9.90. The smallest absolute Gasteiger partial charge is 0.236 e. The van der Waals surface area contributed by atoms with Gasteiger partial charge in [-0.2, -0.15) is 0 Å². The minimum absolute atomic E-state index is 0.0289. The second kappa shape index (κ2) is 5.26. The first kappa shape index (κ1) is 14.8. The summed E-state index contributed by atoms with van der Waals surface area (Å²) in [4.78, 5) is 18.9. The molecule has 1 saturated heterocycles. The number of amides is 1. The maximum absolute atomic E-state index is 14.4. The van der Waals surface area contributed by atoms with Crippen LogP contribution >= 0.6 is 0 Å². The van der Waals surface area contributed by atoms with Crippen LogP contribution in [0.25, 0.3) is 11.1 Å². The summed E-state index contributed by atoms with van der Waals surface area (Å²) < 4.78 is 14.4. The van der Waals surface area contributed by atoms with Crippen molar-refractivity contribution < 1.29 is 9.18 Å². The number of carbonyl (C=O) groups is 1. The van der Waals surface area contributed by atoms with E-state index in [-0.39, 0.29) is 11.7 Å². The van der Waals surface area contributed by atoms with E-state index in [1.54, 1.807) is 18.3 Å². The number of aromatic nitrogens is 1. The Balaban J connectivity index is 1.62. The van der Waals surface area contributed by atoms with Crippen LogP contribution in [0.4, 0.5) is 15.9 Å². The van der Waals surface area contributed by atoms with Crippen LogP contribution in [0, 0.1) is 5.82 Å². The Morgan fingerprint density at radius 2 is 1.96 bits per heavy atom. The number of benzene rings is 1. The van der Waals surface area contributed by atoms with Crippen LogP contribution in [0.2, 0.25) is 0 Å². The number of carbonyl (C=O) groups excluding carboxylic acids is 1. The largest absolute Gasteiger partial charge is 0.369 e. The molecule has 1 saturated carbocycles. The number of halogens is 1. The monoisotopic (exact) mass is 338 g/mol. The summed E-state index contributed by atoms with van der Waals surface area (Å²) in [6.07, 6.45) is 3.36. The summed E-state index contributed by atoms with van der Waals surface area (Å²) in [6, 6.07) is 7.07. The van der Waals surface area contributed by atoms with Crippen molar-refractivity contribution >= 4 is 17.4 Å². The van der Waals surface area contributed by atoms with Gasteiger partial charge in [-0.15, -0.1) is 0 Å². The molecule has 0 atom stereocenters. The van der Waals surface area contributed by atoms with Crippen LogP contribution < -0.4 is 15.5 Å². The quantitative estimate of drug-likeness (QED) is 0.882. The zero-order valence-electron chi connectivity index (χ0n) is 13.8. The molecule has 2 aliphatic heterocycles. The van der Waals surface area contributed by atoms with E-state index in [0.717, 1.165) is 61.4 Å². The molecule has 6 heteroatoms. The molecule has 2 aromatic rings. The number of pyridine rings is 1. The van der Waals surface area contributed by atoms with Crippen LogP contribution in [-0.4, -0.2) is 37.1 Å². The standard InChI is InChI=1S/C19H19FN4O/c20-13-9-12(10-14(11-13)24-7-5-21-6-8-24)15-1-4-22-17-16(15)19(2-3-19)18(25)23-17/h1,4,9-11,21H,2-3,5-8H2,(H,22,23,25). The van der Waals surface area contributed by atoms with Crippen molar-refractivity contribution in [2.75, 3.05) is 36.4 Å². The molecule has 2 fully saturated rings. The van der Waals surface area contributed by atoms with Crippen molar-refractivity contribution in [3.63, 3.8) is 0 Å². The van der Waals surface area contributed by atoms with E-state index in [2.05, 4.69) is 20.5 Å². The Hall–Kier alpha value is -2.47. The average Bonchev–Trinajstić information content (AvgIpc) is 3.38. The fourth-order valence-electron chi connectivity index (χ4n) is 4.06. The number of piperazine rings is 1. The summed E-state index contributed by atoms with van der Waals surface area (Å²) in [5.74, 6) is 0.410. The average molecular weight is 338 g/mol. The molecule has 0 bridgehead atoms. The van der Waals surface area contributed by atoms with Crippen molar-refractivity contribution in [1.29, 1.82) is 0 Å². The summed E-state index contributed by atoms with van der Waals surface area (Å²) in [6.45, 7) is 3.53. The Bertz CT molecular complexity index is 872. The van der Waals surface area contributed by atoms with Gasteiger partial charge >= 0.3 is 0 Å². The molecule has 1 amide bonds. The van der Waals surface area contributed by atoms with E-state index in [4.69, 9.17) is 0 Å². The topological polar surface area (TPSA) is 57.3 Å². The summed E-state index contributed by atoms with van der Waals surface area (Å²) in [7, 11) is 0. The number of fused-ring (bicyclic) bond motifs is 2. The van der Waals surface area contributed by atoms with Gasteiger partial charge in [0, 0.05) is 43.6 Å². The summed E-state index contributed by atoms with van der Waals surface area (Å²) in [5, 5.41) is 6.20. The molecule has 0 unspecified atom stereocenters. The Kier molecular flexibility index (Phi) is 3.12. The third-order valence-corrected chi connectivity index (χ3v) is 5.52. The molecule has 3 heterocycles. The van der Waals surface area contributed by atoms with Gasteiger partial charge in [-0.3, -0.25) is 4.79 Å². The Morgan fingerprint density at radius 1 is 1.16 bits per heavy atom. The highest BCUT2D eigenvalue weighted by atomic mass is 19.1. The molecule has 1 spiro atoms. The molecule has 1 aliphatic carbocycles. The number of anilines is 2. The second-order valence-corrected chi connectivity index (χ2v) is 7.05. The Morgan fingerprint density at radius 3 is 2.72 bits per heavy atom. The second-order valence-electron chi connectivity index (χ2n) is 7.05. The minimum Gasteiger partial charge on any atom is -0.369 e. The number of rotatable bonds is 2. The molecule has 3 aliphatic rings. The lowest BCUT2D eigenvalue weighted by molar-refractivity contribution is -0.117. The highest BCUT2D eigenvalue weighted by Gasteiger charge is 2.58. The van der Waals surface area contributed by atoms with E-state index < -0.39 is 5.41 Å². The number of hydrogen-bond acceptors (Lipinski definition) is 4. The van der Waals surface area contributed by atoms with Gasteiger partial charge < -0.3 is 15.5 Å². The molecule has 0 radical (unpaired) electrons. The number of nitrogens with one attached hydrogen (secondary N) is 2. The van der Waals surface area contributed by atoms with Gasteiger partial charge in [0.15, 0.2) is 0 Å². The van der Waals surface area contributed by atoms with E-state index >= 15 is 0 Å². The predicted molar refractivity (Wildman–Crippen MR) is 94.3 cm³/mol. The van der Waals surface area contributed by atoms with Crippen molar-refractivity contribution in [2.24, 2.45) is 0 Å². The Labute approximate surface area is 145 Å². The molecule has 5 rings (SSSR count). The van der Waals surface area contributed by atoms with Gasteiger partial charge in [0.2, 0.25) is 5.91 Å². The fourth-order valence-corrected chi connectivity index (χ4v) is 4.06. The predicted octanol–water partition coefficient (Wildman–Crippen LogP) is 2.28. The van der Waals surface area contributed by atoms with Gasteiger partial charge in [0.25, 0.3) is 0 Å². The molecule has 2 N–H and O–H groups in total. The van der Waals surface area contributed by atoms with E-state index in [0.29, 0.717) is 5.82 Å². The molecule has 5 nitrogen and oxygen atoms in total. The van der Waals surface area contributed by atoms with Crippen LogP contribution in [0.3, 0.4) is 0 Å². The normalized spacial score (nSPS) is 20.5. The van der Waals surface area contributed by atoms with Gasteiger partial charge in [-0.05, 0) is 48.2 Å². The molecular weight excluding hydrogens is 319 g/mol. The van der Waals surface area contributed by atoms with Gasteiger partial charge in [-0.1, -0.05) is 0 Å². The maximum Gasteiger partial charge on any atom is 0.236 e.